The lowest BCUT2D eigenvalue weighted by Gasteiger charge is -2.28. The van der Waals surface area contributed by atoms with E-state index in [9.17, 15) is 5.11 Å². The minimum absolute atomic E-state index is 0.0763. The van der Waals surface area contributed by atoms with E-state index in [1.165, 1.54) is 12.8 Å². The van der Waals surface area contributed by atoms with Crippen LogP contribution in [0.2, 0.25) is 0 Å². The second kappa shape index (κ2) is 2.05. The number of hydrogen-bond acceptors (Lipinski definition) is 2. The zero-order valence-electron chi connectivity index (χ0n) is 8.81. The molecule has 4 rings (SSSR count). The molecule has 4 aliphatic rings. The fourth-order valence-electron chi connectivity index (χ4n) is 4.81. The zero-order valence-corrected chi connectivity index (χ0v) is 8.81. The van der Waals surface area contributed by atoms with Crippen LogP contribution in [0.1, 0.15) is 26.7 Å². The first-order chi connectivity index (χ1) is 6.59. The first kappa shape index (κ1) is 8.12. The predicted molar refractivity (Wildman–Crippen MR) is 51.6 cm³/mol. The summed E-state index contributed by atoms with van der Waals surface area (Å²) in [5.41, 5.74) is 0.156. The van der Waals surface area contributed by atoms with Crippen LogP contribution >= 0.6 is 0 Å². The minimum atomic E-state index is -0.0763. The third kappa shape index (κ3) is 0.704. The molecule has 7 atom stereocenters. The summed E-state index contributed by atoms with van der Waals surface area (Å²) < 4.78 is 5.68. The van der Waals surface area contributed by atoms with Gasteiger partial charge in [-0.1, -0.05) is 13.8 Å². The van der Waals surface area contributed by atoms with Gasteiger partial charge in [-0.25, -0.2) is 0 Å². The van der Waals surface area contributed by atoms with Crippen molar-refractivity contribution in [3.8, 4) is 0 Å². The standard InChI is InChI=1S/C12H18O2/c1-12(2)4-7-5-3-6(8(7)11(12)13)10-9(5)14-10/h5-11,13H,3-4H2,1-2H3. The van der Waals surface area contributed by atoms with E-state index in [4.69, 9.17) is 4.74 Å². The molecular weight excluding hydrogens is 176 g/mol. The van der Waals surface area contributed by atoms with Gasteiger partial charge in [0.05, 0.1) is 18.3 Å². The molecule has 0 aromatic rings. The Labute approximate surface area is 84.6 Å². The Bertz CT molecular complexity index is 297. The first-order valence-corrected chi connectivity index (χ1v) is 5.93. The largest absolute Gasteiger partial charge is 0.392 e. The van der Waals surface area contributed by atoms with Gasteiger partial charge in [0.15, 0.2) is 0 Å². The lowest BCUT2D eigenvalue weighted by atomic mass is 9.81. The Balaban J connectivity index is 1.74. The molecule has 2 bridgehead atoms. The molecule has 0 amide bonds. The number of rotatable bonds is 0. The van der Waals surface area contributed by atoms with Crippen LogP contribution in [0.5, 0.6) is 0 Å². The quantitative estimate of drug-likeness (QED) is 0.592. The highest BCUT2D eigenvalue weighted by molar-refractivity contribution is 5.19. The topological polar surface area (TPSA) is 32.8 Å². The van der Waals surface area contributed by atoms with E-state index in [0.717, 1.165) is 11.8 Å². The molecule has 1 aliphatic heterocycles. The summed E-state index contributed by atoms with van der Waals surface area (Å²) in [5, 5.41) is 10.3. The van der Waals surface area contributed by atoms with Gasteiger partial charge in [-0.2, -0.15) is 0 Å². The summed E-state index contributed by atoms with van der Waals surface area (Å²) >= 11 is 0. The van der Waals surface area contributed by atoms with Crippen LogP contribution in [0.15, 0.2) is 0 Å². The highest BCUT2D eigenvalue weighted by Crippen LogP contribution is 2.68. The Morgan fingerprint density at radius 3 is 2.64 bits per heavy atom. The lowest BCUT2D eigenvalue weighted by molar-refractivity contribution is 0.0230. The van der Waals surface area contributed by atoms with Crippen LogP contribution in [-0.2, 0) is 4.74 Å². The predicted octanol–water partition coefficient (Wildman–Crippen LogP) is 1.43. The maximum absolute atomic E-state index is 10.3. The second-order valence-corrected chi connectivity index (χ2v) is 6.51. The van der Waals surface area contributed by atoms with Gasteiger partial charge in [-0.15, -0.1) is 0 Å². The monoisotopic (exact) mass is 194 g/mol. The van der Waals surface area contributed by atoms with Crippen molar-refractivity contribution in [2.24, 2.45) is 29.1 Å². The Morgan fingerprint density at radius 2 is 1.86 bits per heavy atom. The highest BCUT2D eigenvalue weighted by atomic mass is 16.6. The van der Waals surface area contributed by atoms with Crippen LogP contribution in [0.3, 0.4) is 0 Å². The molecule has 1 saturated heterocycles. The van der Waals surface area contributed by atoms with Gasteiger partial charge >= 0.3 is 0 Å². The molecule has 7 unspecified atom stereocenters. The van der Waals surface area contributed by atoms with Crippen molar-refractivity contribution < 1.29 is 9.84 Å². The van der Waals surface area contributed by atoms with Crippen LogP contribution < -0.4 is 0 Å². The molecule has 4 fully saturated rings. The molecule has 2 nitrogen and oxygen atoms in total. The van der Waals surface area contributed by atoms with Gasteiger partial charge in [-0.3, -0.25) is 0 Å². The maximum atomic E-state index is 10.3. The molecule has 14 heavy (non-hydrogen) atoms. The first-order valence-electron chi connectivity index (χ1n) is 5.93. The van der Waals surface area contributed by atoms with Crippen LogP contribution in [0, 0.1) is 29.1 Å². The molecule has 2 heteroatoms. The van der Waals surface area contributed by atoms with Crippen molar-refractivity contribution in [1.82, 2.24) is 0 Å². The Hall–Kier alpha value is -0.0800. The highest BCUT2D eigenvalue weighted by Gasteiger charge is 2.71. The normalized spacial score (nSPS) is 66.6. The molecule has 0 aromatic carbocycles. The van der Waals surface area contributed by atoms with Crippen molar-refractivity contribution >= 4 is 0 Å². The van der Waals surface area contributed by atoms with Gasteiger partial charge in [0.25, 0.3) is 0 Å². The van der Waals surface area contributed by atoms with E-state index >= 15 is 0 Å². The number of epoxide rings is 1. The number of aliphatic hydroxyl groups excluding tert-OH is 1. The van der Waals surface area contributed by atoms with E-state index in [1.54, 1.807) is 0 Å². The molecule has 78 valence electrons. The van der Waals surface area contributed by atoms with E-state index in [0.29, 0.717) is 24.0 Å². The summed E-state index contributed by atoms with van der Waals surface area (Å²) in [6.07, 6.45) is 3.63. The Kier molecular flexibility index (Phi) is 1.19. The fraction of sp³-hybridized carbons (Fsp3) is 1.00. The lowest BCUT2D eigenvalue weighted by Crippen LogP contribution is -2.33. The third-order valence-electron chi connectivity index (χ3n) is 5.42. The smallest absolute Gasteiger partial charge is 0.0876 e. The van der Waals surface area contributed by atoms with Crippen molar-refractivity contribution in [1.29, 1.82) is 0 Å². The van der Waals surface area contributed by atoms with Crippen molar-refractivity contribution in [3.63, 3.8) is 0 Å². The fourth-order valence-corrected chi connectivity index (χ4v) is 4.81. The molecule has 1 N–H and O–H groups in total. The average molecular weight is 194 g/mol. The van der Waals surface area contributed by atoms with Gasteiger partial charge in [-0.05, 0) is 41.9 Å². The van der Waals surface area contributed by atoms with Gasteiger partial charge < -0.3 is 9.84 Å². The minimum Gasteiger partial charge on any atom is -0.392 e. The van der Waals surface area contributed by atoms with Crippen molar-refractivity contribution in [3.05, 3.63) is 0 Å². The summed E-state index contributed by atoms with van der Waals surface area (Å²) in [5.74, 6) is 2.84. The molecule has 0 spiro atoms. The third-order valence-corrected chi connectivity index (χ3v) is 5.42. The second-order valence-electron chi connectivity index (χ2n) is 6.51. The van der Waals surface area contributed by atoms with Crippen LogP contribution in [0.4, 0.5) is 0 Å². The molecular formula is C12H18O2. The van der Waals surface area contributed by atoms with Crippen LogP contribution in [-0.4, -0.2) is 23.4 Å². The van der Waals surface area contributed by atoms with Crippen LogP contribution in [0.25, 0.3) is 0 Å². The van der Waals surface area contributed by atoms with E-state index in [-0.39, 0.29) is 11.5 Å². The number of ether oxygens (including phenoxy) is 1. The molecule has 1 heterocycles. The van der Waals surface area contributed by atoms with Gasteiger partial charge in [0, 0.05) is 0 Å². The summed E-state index contributed by atoms with van der Waals surface area (Å²) in [6.45, 7) is 4.45. The summed E-state index contributed by atoms with van der Waals surface area (Å²) in [6, 6.07) is 0. The number of aliphatic hydroxyl groups is 1. The Morgan fingerprint density at radius 1 is 1.14 bits per heavy atom. The van der Waals surface area contributed by atoms with Gasteiger partial charge in [0.2, 0.25) is 0 Å². The number of fused-ring (bicyclic) bond motifs is 8. The van der Waals surface area contributed by atoms with Crippen molar-refractivity contribution in [2.75, 3.05) is 0 Å². The van der Waals surface area contributed by atoms with E-state index in [2.05, 4.69) is 13.8 Å². The molecule has 3 aliphatic carbocycles. The molecule has 0 aromatic heterocycles. The number of hydrogen-bond donors (Lipinski definition) is 1. The zero-order chi connectivity index (χ0) is 9.66. The van der Waals surface area contributed by atoms with Crippen molar-refractivity contribution in [2.45, 2.75) is 45.0 Å². The average Bonchev–Trinajstić information content (AvgIpc) is 2.66. The molecule has 3 saturated carbocycles. The SMILES string of the molecule is CC1(C)CC2C3CC(C4OC34)C2C1O. The summed E-state index contributed by atoms with van der Waals surface area (Å²) in [4.78, 5) is 0. The van der Waals surface area contributed by atoms with Gasteiger partial charge in [0.1, 0.15) is 0 Å². The van der Waals surface area contributed by atoms with E-state index < -0.39 is 0 Å². The van der Waals surface area contributed by atoms with E-state index in [1.807, 2.05) is 0 Å². The molecule has 0 radical (unpaired) electrons. The maximum Gasteiger partial charge on any atom is 0.0876 e. The summed E-state index contributed by atoms with van der Waals surface area (Å²) in [7, 11) is 0.